The summed E-state index contributed by atoms with van der Waals surface area (Å²) in [6.07, 6.45) is 2.45. The van der Waals surface area contributed by atoms with Crippen molar-refractivity contribution in [2.24, 2.45) is 0 Å². The average molecular weight is 268 g/mol. The van der Waals surface area contributed by atoms with Crippen LogP contribution >= 0.6 is 0 Å². The SMILES string of the molecule is Cc1cc(NC2CC2c2ccccc2)c(C(=O)O)cn1. The summed E-state index contributed by atoms with van der Waals surface area (Å²) in [4.78, 5) is 15.3. The zero-order chi connectivity index (χ0) is 14.1. The number of aromatic nitrogens is 1. The lowest BCUT2D eigenvalue weighted by Gasteiger charge is -2.10. The molecule has 4 nitrogen and oxygen atoms in total. The fourth-order valence-corrected chi connectivity index (χ4v) is 2.47. The number of aromatic carboxylic acids is 1. The van der Waals surface area contributed by atoms with Crippen LogP contribution in [0.25, 0.3) is 0 Å². The molecule has 1 aromatic carbocycles. The van der Waals surface area contributed by atoms with E-state index in [0.717, 1.165) is 12.1 Å². The molecular formula is C16H16N2O2. The van der Waals surface area contributed by atoms with E-state index >= 15 is 0 Å². The van der Waals surface area contributed by atoms with E-state index in [-0.39, 0.29) is 5.56 Å². The van der Waals surface area contributed by atoms with E-state index in [1.807, 2.05) is 25.1 Å². The Balaban J connectivity index is 1.77. The highest BCUT2D eigenvalue weighted by molar-refractivity contribution is 5.94. The molecule has 0 radical (unpaired) electrons. The molecule has 1 aliphatic carbocycles. The van der Waals surface area contributed by atoms with Crippen molar-refractivity contribution in [2.45, 2.75) is 25.3 Å². The van der Waals surface area contributed by atoms with Gasteiger partial charge in [0.05, 0.1) is 5.69 Å². The number of nitrogens with one attached hydrogen (secondary N) is 1. The summed E-state index contributed by atoms with van der Waals surface area (Å²) in [5.74, 6) is -0.483. The molecule has 3 rings (SSSR count). The predicted molar refractivity (Wildman–Crippen MR) is 77.1 cm³/mol. The molecule has 0 aliphatic heterocycles. The first kappa shape index (κ1) is 12.7. The summed E-state index contributed by atoms with van der Waals surface area (Å²) >= 11 is 0. The normalized spacial score (nSPS) is 20.4. The van der Waals surface area contributed by atoms with Gasteiger partial charge in [0.1, 0.15) is 5.56 Å². The van der Waals surface area contributed by atoms with Crippen LogP contribution in [0.4, 0.5) is 5.69 Å². The van der Waals surface area contributed by atoms with E-state index in [9.17, 15) is 9.90 Å². The van der Waals surface area contributed by atoms with Gasteiger partial charge in [-0.25, -0.2) is 4.79 Å². The molecule has 1 aliphatic rings. The van der Waals surface area contributed by atoms with Crippen molar-refractivity contribution in [2.75, 3.05) is 5.32 Å². The highest BCUT2D eigenvalue weighted by Crippen LogP contribution is 2.43. The molecule has 2 aromatic rings. The van der Waals surface area contributed by atoms with Gasteiger partial charge in [-0.05, 0) is 25.0 Å². The molecule has 0 saturated heterocycles. The van der Waals surface area contributed by atoms with E-state index in [2.05, 4.69) is 22.4 Å². The number of nitrogens with zero attached hydrogens (tertiary/aromatic N) is 1. The smallest absolute Gasteiger partial charge is 0.339 e. The molecule has 2 N–H and O–H groups in total. The van der Waals surface area contributed by atoms with Gasteiger partial charge in [0.25, 0.3) is 0 Å². The first-order valence-corrected chi connectivity index (χ1v) is 6.66. The number of hydrogen-bond donors (Lipinski definition) is 2. The van der Waals surface area contributed by atoms with Crippen molar-refractivity contribution in [3.63, 3.8) is 0 Å². The molecule has 0 spiro atoms. The Morgan fingerprint density at radius 3 is 2.80 bits per heavy atom. The lowest BCUT2D eigenvalue weighted by Crippen LogP contribution is -2.10. The molecule has 1 saturated carbocycles. The molecular weight excluding hydrogens is 252 g/mol. The second-order valence-electron chi connectivity index (χ2n) is 5.18. The van der Waals surface area contributed by atoms with E-state index in [1.54, 1.807) is 6.07 Å². The molecule has 1 heterocycles. The number of rotatable bonds is 4. The Morgan fingerprint density at radius 1 is 1.35 bits per heavy atom. The Hall–Kier alpha value is -2.36. The van der Waals surface area contributed by atoms with Crippen LogP contribution in [0.5, 0.6) is 0 Å². The third kappa shape index (κ3) is 2.50. The van der Waals surface area contributed by atoms with Crippen LogP contribution < -0.4 is 5.32 Å². The third-order valence-electron chi connectivity index (χ3n) is 3.63. The maximum atomic E-state index is 11.2. The highest BCUT2D eigenvalue weighted by Gasteiger charge is 2.38. The van der Waals surface area contributed by atoms with Crippen LogP contribution in [0.3, 0.4) is 0 Å². The van der Waals surface area contributed by atoms with Crippen molar-refractivity contribution in [3.05, 3.63) is 59.4 Å². The maximum absolute atomic E-state index is 11.2. The van der Waals surface area contributed by atoms with E-state index < -0.39 is 5.97 Å². The Bertz CT molecular complexity index is 640. The number of hydrogen-bond acceptors (Lipinski definition) is 3. The summed E-state index contributed by atoms with van der Waals surface area (Å²) < 4.78 is 0. The highest BCUT2D eigenvalue weighted by atomic mass is 16.4. The van der Waals surface area contributed by atoms with Crippen LogP contribution in [-0.2, 0) is 0 Å². The zero-order valence-corrected chi connectivity index (χ0v) is 11.2. The molecule has 2 unspecified atom stereocenters. The fraction of sp³-hybridized carbons (Fsp3) is 0.250. The molecule has 4 heteroatoms. The van der Waals surface area contributed by atoms with Crippen molar-refractivity contribution in [1.29, 1.82) is 0 Å². The Kier molecular flexibility index (Phi) is 3.14. The predicted octanol–water partition coefficient (Wildman–Crippen LogP) is 3.06. The summed E-state index contributed by atoms with van der Waals surface area (Å²) in [6, 6.07) is 12.4. The molecule has 0 amide bonds. The minimum atomic E-state index is -0.947. The molecule has 20 heavy (non-hydrogen) atoms. The summed E-state index contributed by atoms with van der Waals surface area (Å²) in [7, 11) is 0. The molecule has 1 aromatic heterocycles. The maximum Gasteiger partial charge on any atom is 0.339 e. The monoisotopic (exact) mass is 268 g/mol. The van der Waals surface area contributed by atoms with Gasteiger partial charge in [0.15, 0.2) is 0 Å². The number of carbonyl (C=O) groups is 1. The molecule has 102 valence electrons. The fourth-order valence-electron chi connectivity index (χ4n) is 2.47. The molecule has 2 atom stereocenters. The van der Waals surface area contributed by atoms with Crippen molar-refractivity contribution in [1.82, 2.24) is 4.98 Å². The number of anilines is 1. The van der Waals surface area contributed by atoms with Crippen LogP contribution in [0.15, 0.2) is 42.6 Å². The molecule has 0 bridgehead atoms. The van der Waals surface area contributed by atoms with Gasteiger partial charge in [-0.3, -0.25) is 4.98 Å². The zero-order valence-electron chi connectivity index (χ0n) is 11.2. The van der Waals surface area contributed by atoms with E-state index in [1.165, 1.54) is 11.8 Å². The quantitative estimate of drug-likeness (QED) is 0.894. The summed E-state index contributed by atoms with van der Waals surface area (Å²) in [5, 5.41) is 12.5. The van der Waals surface area contributed by atoms with Crippen molar-refractivity contribution < 1.29 is 9.90 Å². The van der Waals surface area contributed by atoms with E-state index in [0.29, 0.717) is 17.6 Å². The van der Waals surface area contributed by atoms with Crippen molar-refractivity contribution >= 4 is 11.7 Å². The largest absolute Gasteiger partial charge is 0.478 e. The first-order chi connectivity index (χ1) is 9.65. The second kappa shape index (κ2) is 4.96. The van der Waals surface area contributed by atoms with Gasteiger partial charge in [-0.1, -0.05) is 30.3 Å². The Labute approximate surface area is 117 Å². The average Bonchev–Trinajstić information content (AvgIpc) is 3.19. The lowest BCUT2D eigenvalue weighted by molar-refractivity contribution is 0.0697. The van der Waals surface area contributed by atoms with E-state index in [4.69, 9.17) is 0 Å². The second-order valence-corrected chi connectivity index (χ2v) is 5.18. The minimum absolute atomic E-state index is 0.231. The number of carboxylic acids is 1. The van der Waals surface area contributed by atoms with Crippen LogP contribution in [-0.4, -0.2) is 22.1 Å². The number of aryl methyl sites for hydroxylation is 1. The standard InChI is InChI=1S/C16H16N2O2/c1-10-7-14(13(9-17-10)16(19)20)18-15-8-12(15)11-5-3-2-4-6-11/h2-7,9,12,15H,8H2,1H3,(H,17,18)(H,19,20). The minimum Gasteiger partial charge on any atom is -0.478 e. The van der Waals surface area contributed by atoms with Crippen LogP contribution in [0.2, 0.25) is 0 Å². The number of carboxylic acid groups (broad SMARTS) is 1. The third-order valence-corrected chi connectivity index (χ3v) is 3.63. The van der Waals surface area contributed by atoms with Gasteiger partial charge in [-0.2, -0.15) is 0 Å². The number of benzene rings is 1. The van der Waals surface area contributed by atoms with Gasteiger partial charge >= 0.3 is 5.97 Å². The van der Waals surface area contributed by atoms with Gasteiger partial charge in [0.2, 0.25) is 0 Å². The summed E-state index contributed by atoms with van der Waals surface area (Å²) in [5.41, 5.74) is 3.00. The van der Waals surface area contributed by atoms with Crippen LogP contribution in [0.1, 0.15) is 34.0 Å². The van der Waals surface area contributed by atoms with Gasteiger partial charge in [0, 0.05) is 23.9 Å². The lowest BCUT2D eigenvalue weighted by atomic mass is 10.1. The summed E-state index contributed by atoms with van der Waals surface area (Å²) in [6.45, 7) is 1.86. The number of pyridine rings is 1. The van der Waals surface area contributed by atoms with Gasteiger partial charge in [-0.15, -0.1) is 0 Å². The van der Waals surface area contributed by atoms with Crippen LogP contribution in [0, 0.1) is 6.92 Å². The molecule has 1 fully saturated rings. The first-order valence-electron chi connectivity index (χ1n) is 6.66. The van der Waals surface area contributed by atoms with Crippen molar-refractivity contribution in [3.8, 4) is 0 Å². The Morgan fingerprint density at radius 2 is 2.10 bits per heavy atom. The topological polar surface area (TPSA) is 62.2 Å². The van der Waals surface area contributed by atoms with Gasteiger partial charge < -0.3 is 10.4 Å².